The molecule has 0 spiro atoms. The highest BCUT2D eigenvalue weighted by Crippen LogP contribution is 2.28. The van der Waals surface area contributed by atoms with Gasteiger partial charge < -0.3 is 15.0 Å². The first-order valence-electron chi connectivity index (χ1n) is 7.95. The summed E-state index contributed by atoms with van der Waals surface area (Å²) in [5.74, 6) is 1.38. The molecule has 1 aromatic heterocycles. The van der Waals surface area contributed by atoms with Crippen molar-refractivity contribution in [1.29, 1.82) is 0 Å². The van der Waals surface area contributed by atoms with Gasteiger partial charge in [-0.3, -0.25) is 0 Å². The van der Waals surface area contributed by atoms with Gasteiger partial charge in [0.25, 0.3) is 0 Å². The summed E-state index contributed by atoms with van der Waals surface area (Å²) in [7, 11) is 1.64. The fourth-order valence-electron chi connectivity index (χ4n) is 3.56. The van der Waals surface area contributed by atoms with Crippen LogP contribution in [-0.4, -0.2) is 53.5 Å². The molecule has 2 aliphatic heterocycles. The Labute approximate surface area is 135 Å². The van der Waals surface area contributed by atoms with E-state index in [-0.39, 0.29) is 12.1 Å². The zero-order valence-corrected chi connectivity index (χ0v) is 13.1. The molecule has 2 unspecified atom stereocenters. The molecule has 1 aromatic carbocycles. The van der Waals surface area contributed by atoms with Gasteiger partial charge in [0.2, 0.25) is 0 Å². The number of nitrogens with zero attached hydrogens (tertiary/aromatic N) is 3. The second-order valence-corrected chi connectivity index (χ2v) is 6.27. The van der Waals surface area contributed by atoms with Crippen LogP contribution >= 0.6 is 0 Å². The highest BCUT2D eigenvalue weighted by atomic mass is 16.5. The minimum absolute atomic E-state index is 0.155. The van der Waals surface area contributed by atoms with Crippen molar-refractivity contribution >= 4 is 6.03 Å². The molecule has 2 saturated heterocycles. The number of hydrogen-bond donors (Lipinski definition) is 1. The van der Waals surface area contributed by atoms with E-state index in [4.69, 9.17) is 4.74 Å². The average molecular weight is 312 g/mol. The maximum Gasteiger partial charge on any atom is 0.342 e. The first kappa shape index (κ1) is 14.3. The van der Waals surface area contributed by atoms with E-state index in [9.17, 15) is 4.79 Å². The summed E-state index contributed by atoms with van der Waals surface area (Å²) >= 11 is 0. The first-order valence-corrected chi connectivity index (χ1v) is 7.95. The summed E-state index contributed by atoms with van der Waals surface area (Å²) < 4.78 is 6.62. The zero-order chi connectivity index (χ0) is 15.8. The molecular formula is C17H20N4O2. The number of methoxy groups -OCH3 is 1. The lowest BCUT2D eigenvalue weighted by molar-refractivity contribution is 0.228. The number of piperidine rings is 1. The highest BCUT2D eigenvalue weighted by molar-refractivity contribution is 5.78. The van der Waals surface area contributed by atoms with E-state index in [1.54, 1.807) is 19.5 Å². The molecule has 3 atom stereocenters. The van der Waals surface area contributed by atoms with Crippen molar-refractivity contribution in [2.75, 3.05) is 26.7 Å². The van der Waals surface area contributed by atoms with Crippen LogP contribution < -0.4 is 10.1 Å². The molecule has 3 heterocycles. The molecule has 6 heteroatoms. The molecular weight excluding hydrogens is 292 g/mol. The topological polar surface area (TPSA) is 59.4 Å². The van der Waals surface area contributed by atoms with Crippen molar-refractivity contribution in [3.63, 3.8) is 0 Å². The van der Waals surface area contributed by atoms with Gasteiger partial charge in [0.15, 0.2) is 0 Å². The van der Waals surface area contributed by atoms with Gasteiger partial charge in [-0.15, -0.1) is 0 Å². The van der Waals surface area contributed by atoms with Crippen LogP contribution in [0.2, 0.25) is 0 Å². The van der Waals surface area contributed by atoms with Gasteiger partial charge in [0, 0.05) is 30.9 Å². The standard InChI is InChI=1S/C17H20N4O2/c1-23-15-4-2-3-12(7-15)14-8-18-21(10-14)17(22)19-16-11-20-6-5-13(16)9-20/h2-4,7-8,10,13,16H,5-6,9,11H2,1H3,(H,19,22)/t13-,16?/m0/s1. The van der Waals surface area contributed by atoms with Crippen molar-refractivity contribution < 1.29 is 9.53 Å². The van der Waals surface area contributed by atoms with Crippen LogP contribution in [-0.2, 0) is 0 Å². The SMILES string of the molecule is COc1cccc(-c2cnn(C(=O)NC3CN4CC[C@H]3C4)c2)c1. The van der Waals surface area contributed by atoms with Crippen LogP contribution in [0.3, 0.4) is 0 Å². The normalized spacial score (nSPS) is 25.5. The van der Waals surface area contributed by atoms with Crippen molar-refractivity contribution in [3.05, 3.63) is 36.7 Å². The Morgan fingerprint density at radius 3 is 3.00 bits per heavy atom. The van der Waals surface area contributed by atoms with E-state index in [2.05, 4.69) is 15.3 Å². The summed E-state index contributed by atoms with van der Waals surface area (Å²) in [6, 6.07) is 7.83. The number of rotatable bonds is 3. The van der Waals surface area contributed by atoms with Crippen LogP contribution in [0.5, 0.6) is 5.75 Å². The first-order chi connectivity index (χ1) is 11.2. The largest absolute Gasteiger partial charge is 0.497 e. The second-order valence-electron chi connectivity index (χ2n) is 6.27. The summed E-state index contributed by atoms with van der Waals surface area (Å²) in [5, 5.41) is 7.31. The maximum absolute atomic E-state index is 12.4. The highest BCUT2D eigenvalue weighted by Gasteiger charge is 2.38. The molecule has 2 fully saturated rings. The van der Waals surface area contributed by atoms with Crippen LogP contribution in [0.4, 0.5) is 4.79 Å². The smallest absolute Gasteiger partial charge is 0.342 e. The molecule has 2 aromatic rings. The third kappa shape index (κ3) is 2.70. The molecule has 0 saturated carbocycles. The van der Waals surface area contributed by atoms with Gasteiger partial charge in [0.1, 0.15) is 5.75 Å². The zero-order valence-electron chi connectivity index (χ0n) is 13.1. The monoisotopic (exact) mass is 312 g/mol. The van der Waals surface area contributed by atoms with E-state index < -0.39 is 0 Å². The molecule has 120 valence electrons. The number of carbonyl (C=O) groups is 1. The quantitative estimate of drug-likeness (QED) is 0.939. The minimum Gasteiger partial charge on any atom is -0.497 e. The number of nitrogens with one attached hydrogen (secondary N) is 1. The van der Waals surface area contributed by atoms with Crippen molar-refractivity contribution in [2.24, 2.45) is 5.92 Å². The van der Waals surface area contributed by atoms with E-state index in [0.29, 0.717) is 5.92 Å². The number of carbonyl (C=O) groups excluding carboxylic acids is 1. The van der Waals surface area contributed by atoms with Gasteiger partial charge in [-0.1, -0.05) is 12.1 Å². The minimum atomic E-state index is -0.155. The molecule has 2 bridgehead atoms. The Morgan fingerprint density at radius 1 is 1.35 bits per heavy atom. The summed E-state index contributed by atoms with van der Waals surface area (Å²) in [4.78, 5) is 14.8. The Kier molecular flexibility index (Phi) is 3.53. The fraction of sp³-hybridized carbons (Fsp3) is 0.412. The van der Waals surface area contributed by atoms with Crippen LogP contribution in [0, 0.1) is 5.92 Å². The lowest BCUT2D eigenvalue weighted by Crippen LogP contribution is -2.45. The number of hydrogen-bond acceptors (Lipinski definition) is 4. The number of fused-ring (bicyclic) bond motifs is 2. The lowest BCUT2D eigenvalue weighted by Gasteiger charge is -2.22. The summed E-state index contributed by atoms with van der Waals surface area (Å²) in [6.45, 7) is 3.23. The molecule has 1 N–H and O–H groups in total. The number of benzene rings is 1. The molecule has 0 aliphatic carbocycles. The summed E-state index contributed by atoms with van der Waals surface area (Å²) in [6.07, 6.45) is 4.65. The second kappa shape index (κ2) is 5.70. The molecule has 2 aliphatic rings. The molecule has 6 nitrogen and oxygen atoms in total. The van der Waals surface area contributed by atoms with E-state index in [1.807, 2.05) is 24.3 Å². The van der Waals surface area contributed by atoms with Gasteiger partial charge in [-0.05, 0) is 36.6 Å². The molecule has 4 rings (SSSR count). The number of amides is 1. The van der Waals surface area contributed by atoms with Gasteiger partial charge >= 0.3 is 6.03 Å². The average Bonchev–Trinajstić information content (AvgIpc) is 3.31. The van der Waals surface area contributed by atoms with Crippen molar-refractivity contribution in [1.82, 2.24) is 20.0 Å². The molecule has 23 heavy (non-hydrogen) atoms. The van der Waals surface area contributed by atoms with Crippen LogP contribution in [0.15, 0.2) is 36.7 Å². The van der Waals surface area contributed by atoms with Gasteiger partial charge in [-0.2, -0.15) is 9.78 Å². The van der Waals surface area contributed by atoms with E-state index in [1.165, 1.54) is 17.6 Å². The van der Waals surface area contributed by atoms with Crippen LogP contribution in [0.1, 0.15) is 6.42 Å². The maximum atomic E-state index is 12.4. The van der Waals surface area contributed by atoms with Crippen molar-refractivity contribution in [2.45, 2.75) is 12.5 Å². The summed E-state index contributed by atoms with van der Waals surface area (Å²) in [5.41, 5.74) is 1.88. The third-order valence-corrected chi connectivity index (χ3v) is 4.84. The fourth-order valence-corrected chi connectivity index (χ4v) is 3.56. The molecule has 1 amide bonds. The number of ether oxygens (including phenoxy) is 1. The Bertz CT molecular complexity index is 727. The molecule has 0 radical (unpaired) electrons. The Hall–Kier alpha value is -2.34. The Morgan fingerprint density at radius 2 is 2.26 bits per heavy atom. The van der Waals surface area contributed by atoms with Gasteiger partial charge in [-0.25, -0.2) is 4.79 Å². The third-order valence-electron chi connectivity index (χ3n) is 4.84. The van der Waals surface area contributed by atoms with Gasteiger partial charge in [0.05, 0.1) is 13.3 Å². The number of aromatic nitrogens is 2. The predicted molar refractivity (Wildman–Crippen MR) is 86.5 cm³/mol. The Balaban J connectivity index is 1.47. The van der Waals surface area contributed by atoms with Crippen LogP contribution in [0.25, 0.3) is 11.1 Å². The van der Waals surface area contributed by atoms with E-state index >= 15 is 0 Å². The lowest BCUT2D eigenvalue weighted by atomic mass is 10.0. The van der Waals surface area contributed by atoms with E-state index in [0.717, 1.165) is 30.0 Å². The van der Waals surface area contributed by atoms with Crippen molar-refractivity contribution in [3.8, 4) is 16.9 Å². The predicted octanol–water partition coefficient (Wildman–Crippen LogP) is 1.82.